The van der Waals surface area contributed by atoms with E-state index in [0.717, 1.165) is 18.2 Å². The van der Waals surface area contributed by atoms with Gasteiger partial charge in [0.05, 0.1) is 6.61 Å². The van der Waals surface area contributed by atoms with Gasteiger partial charge in [-0.15, -0.1) is 0 Å². The summed E-state index contributed by atoms with van der Waals surface area (Å²) in [4.78, 5) is 0. The highest BCUT2D eigenvalue weighted by Gasteiger charge is 2.32. The SMILES string of the molecule is NCC(CO)(Cc1ccccc1F)c1cc(F)cc(F)c1. The molecule has 0 bridgehead atoms. The van der Waals surface area contributed by atoms with Crippen molar-refractivity contribution in [2.45, 2.75) is 11.8 Å². The first-order valence-corrected chi connectivity index (χ1v) is 6.52. The second-order valence-electron chi connectivity index (χ2n) is 5.07. The Kier molecular flexibility index (Phi) is 4.65. The van der Waals surface area contributed by atoms with Gasteiger partial charge in [0, 0.05) is 18.0 Å². The predicted octanol–water partition coefficient (Wildman–Crippen LogP) is 2.54. The van der Waals surface area contributed by atoms with Gasteiger partial charge in [0.15, 0.2) is 0 Å². The summed E-state index contributed by atoms with van der Waals surface area (Å²) < 4.78 is 40.6. The molecule has 1 unspecified atom stereocenters. The molecule has 112 valence electrons. The summed E-state index contributed by atoms with van der Waals surface area (Å²) >= 11 is 0. The summed E-state index contributed by atoms with van der Waals surface area (Å²) in [6.45, 7) is -0.512. The molecule has 2 nitrogen and oxygen atoms in total. The van der Waals surface area contributed by atoms with Crippen LogP contribution in [0.2, 0.25) is 0 Å². The summed E-state index contributed by atoms with van der Waals surface area (Å²) in [7, 11) is 0. The van der Waals surface area contributed by atoms with Crippen molar-refractivity contribution in [3.8, 4) is 0 Å². The average molecular weight is 295 g/mol. The number of hydrogen-bond donors (Lipinski definition) is 2. The monoisotopic (exact) mass is 295 g/mol. The first-order chi connectivity index (χ1) is 10.0. The first kappa shape index (κ1) is 15.5. The molecule has 0 aliphatic carbocycles. The van der Waals surface area contributed by atoms with Crippen LogP contribution in [0.25, 0.3) is 0 Å². The van der Waals surface area contributed by atoms with Crippen molar-refractivity contribution in [1.29, 1.82) is 0 Å². The van der Waals surface area contributed by atoms with Crippen molar-refractivity contribution in [2.24, 2.45) is 5.73 Å². The summed E-state index contributed by atoms with van der Waals surface area (Å²) in [6, 6.07) is 9.03. The van der Waals surface area contributed by atoms with E-state index in [-0.39, 0.29) is 18.5 Å². The van der Waals surface area contributed by atoms with E-state index in [4.69, 9.17) is 5.73 Å². The minimum Gasteiger partial charge on any atom is -0.395 e. The van der Waals surface area contributed by atoms with Gasteiger partial charge in [-0.05, 0) is 35.7 Å². The van der Waals surface area contributed by atoms with Gasteiger partial charge in [0.2, 0.25) is 0 Å². The molecule has 0 aromatic heterocycles. The molecular formula is C16H16F3NO. The van der Waals surface area contributed by atoms with Crippen LogP contribution in [0.15, 0.2) is 42.5 Å². The maximum Gasteiger partial charge on any atom is 0.126 e. The van der Waals surface area contributed by atoms with Crippen LogP contribution in [-0.2, 0) is 11.8 Å². The van der Waals surface area contributed by atoms with Crippen LogP contribution in [0.4, 0.5) is 13.2 Å². The van der Waals surface area contributed by atoms with E-state index < -0.39 is 29.5 Å². The highest BCUT2D eigenvalue weighted by atomic mass is 19.1. The Balaban J connectivity index is 2.47. The van der Waals surface area contributed by atoms with Crippen molar-refractivity contribution < 1.29 is 18.3 Å². The molecule has 0 radical (unpaired) electrons. The van der Waals surface area contributed by atoms with E-state index in [1.165, 1.54) is 6.07 Å². The fourth-order valence-electron chi connectivity index (χ4n) is 2.37. The van der Waals surface area contributed by atoms with Gasteiger partial charge in [0.25, 0.3) is 0 Å². The normalized spacial score (nSPS) is 14.0. The molecule has 2 rings (SSSR count). The fourth-order valence-corrected chi connectivity index (χ4v) is 2.37. The van der Waals surface area contributed by atoms with Gasteiger partial charge in [-0.3, -0.25) is 0 Å². The number of aliphatic hydroxyl groups is 1. The third-order valence-corrected chi connectivity index (χ3v) is 3.66. The minimum atomic E-state index is -1.13. The van der Waals surface area contributed by atoms with Crippen molar-refractivity contribution in [2.75, 3.05) is 13.2 Å². The van der Waals surface area contributed by atoms with E-state index in [0.29, 0.717) is 5.56 Å². The lowest BCUT2D eigenvalue weighted by Crippen LogP contribution is -2.41. The molecular weight excluding hydrogens is 279 g/mol. The second-order valence-corrected chi connectivity index (χ2v) is 5.07. The third-order valence-electron chi connectivity index (χ3n) is 3.66. The van der Waals surface area contributed by atoms with Crippen LogP contribution in [0.3, 0.4) is 0 Å². The van der Waals surface area contributed by atoms with E-state index in [1.807, 2.05) is 0 Å². The van der Waals surface area contributed by atoms with Gasteiger partial charge in [-0.2, -0.15) is 0 Å². The molecule has 0 aliphatic heterocycles. The van der Waals surface area contributed by atoms with E-state index in [2.05, 4.69) is 0 Å². The molecule has 0 heterocycles. The number of halogens is 3. The lowest BCUT2D eigenvalue weighted by Gasteiger charge is -2.31. The highest BCUT2D eigenvalue weighted by molar-refractivity contribution is 5.32. The molecule has 3 N–H and O–H groups in total. The average Bonchev–Trinajstić information content (AvgIpc) is 2.46. The van der Waals surface area contributed by atoms with Crippen LogP contribution in [0, 0.1) is 17.5 Å². The van der Waals surface area contributed by atoms with Crippen LogP contribution < -0.4 is 5.73 Å². The molecule has 21 heavy (non-hydrogen) atoms. The number of nitrogens with two attached hydrogens (primary N) is 1. The van der Waals surface area contributed by atoms with E-state index >= 15 is 0 Å². The molecule has 0 aliphatic rings. The summed E-state index contributed by atoms with van der Waals surface area (Å²) in [5.41, 5.74) is 5.14. The Labute approximate surface area is 121 Å². The Bertz CT molecular complexity index is 606. The predicted molar refractivity (Wildman–Crippen MR) is 74.3 cm³/mol. The smallest absolute Gasteiger partial charge is 0.126 e. The Morgan fingerprint density at radius 2 is 1.62 bits per heavy atom. The number of benzene rings is 2. The largest absolute Gasteiger partial charge is 0.395 e. The summed E-state index contributed by atoms with van der Waals surface area (Å²) in [5.74, 6) is -1.96. The molecule has 0 saturated carbocycles. The van der Waals surface area contributed by atoms with Gasteiger partial charge < -0.3 is 10.8 Å². The van der Waals surface area contributed by atoms with Crippen molar-refractivity contribution in [3.63, 3.8) is 0 Å². The quantitative estimate of drug-likeness (QED) is 0.890. The fraction of sp³-hybridized carbons (Fsp3) is 0.250. The number of rotatable bonds is 5. The van der Waals surface area contributed by atoms with Gasteiger partial charge >= 0.3 is 0 Å². The van der Waals surface area contributed by atoms with Gasteiger partial charge in [-0.25, -0.2) is 13.2 Å². The number of hydrogen-bond acceptors (Lipinski definition) is 2. The molecule has 0 amide bonds. The van der Waals surface area contributed by atoms with Crippen molar-refractivity contribution >= 4 is 0 Å². The summed E-state index contributed by atoms with van der Waals surface area (Å²) in [6.07, 6.45) is 0.0512. The van der Waals surface area contributed by atoms with Crippen molar-refractivity contribution in [1.82, 2.24) is 0 Å². The highest BCUT2D eigenvalue weighted by Crippen LogP contribution is 2.29. The molecule has 0 saturated heterocycles. The molecule has 2 aromatic rings. The van der Waals surface area contributed by atoms with Crippen molar-refractivity contribution in [3.05, 3.63) is 71.0 Å². The molecule has 5 heteroatoms. The molecule has 0 spiro atoms. The van der Waals surface area contributed by atoms with Crippen LogP contribution in [0.1, 0.15) is 11.1 Å². The van der Waals surface area contributed by atoms with E-state index in [1.54, 1.807) is 18.2 Å². The topological polar surface area (TPSA) is 46.2 Å². The zero-order valence-electron chi connectivity index (χ0n) is 11.3. The first-order valence-electron chi connectivity index (χ1n) is 6.52. The zero-order valence-corrected chi connectivity index (χ0v) is 11.3. The zero-order chi connectivity index (χ0) is 15.5. The second kappa shape index (κ2) is 6.28. The van der Waals surface area contributed by atoms with Crippen LogP contribution >= 0.6 is 0 Å². The Morgan fingerprint density at radius 3 is 2.14 bits per heavy atom. The third kappa shape index (κ3) is 3.25. The minimum absolute atomic E-state index is 0.0512. The molecule has 2 aromatic carbocycles. The maximum absolute atomic E-state index is 13.8. The Morgan fingerprint density at radius 1 is 1.00 bits per heavy atom. The molecule has 0 fully saturated rings. The maximum atomic E-state index is 13.8. The lowest BCUT2D eigenvalue weighted by molar-refractivity contribution is 0.194. The Hall–Kier alpha value is -1.85. The van der Waals surface area contributed by atoms with E-state index in [9.17, 15) is 18.3 Å². The van der Waals surface area contributed by atoms with Crippen LogP contribution in [-0.4, -0.2) is 18.3 Å². The standard InChI is InChI=1S/C16H16F3NO/c17-13-5-12(6-14(18)7-13)16(9-20,10-21)8-11-3-1-2-4-15(11)19/h1-7,21H,8-10,20H2. The van der Waals surface area contributed by atoms with Crippen LogP contribution in [0.5, 0.6) is 0 Å². The number of aliphatic hydroxyl groups excluding tert-OH is 1. The lowest BCUT2D eigenvalue weighted by atomic mass is 9.76. The van der Waals surface area contributed by atoms with Gasteiger partial charge in [0.1, 0.15) is 17.5 Å². The van der Waals surface area contributed by atoms with Gasteiger partial charge in [-0.1, -0.05) is 18.2 Å². The summed E-state index contributed by atoms with van der Waals surface area (Å²) in [5, 5.41) is 9.72. The molecule has 1 atom stereocenters.